The van der Waals surface area contributed by atoms with Crippen LogP contribution < -0.4 is 9.47 Å². The maximum atomic E-state index is 13.1. The lowest BCUT2D eigenvalue weighted by molar-refractivity contribution is -0.140. The van der Waals surface area contributed by atoms with Crippen molar-refractivity contribution < 1.29 is 28.9 Å². The van der Waals surface area contributed by atoms with E-state index in [4.69, 9.17) is 14.2 Å². The van der Waals surface area contributed by atoms with Gasteiger partial charge < -0.3 is 24.2 Å². The number of aryl methyl sites for hydroxylation is 1. The quantitative estimate of drug-likeness (QED) is 0.264. The number of amides is 1. The molecule has 33 heavy (non-hydrogen) atoms. The molecule has 7 nitrogen and oxygen atoms in total. The minimum atomic E-state index is -0.711. The molecular formula is C26H31NO6. The van der Waals surface area contributed by atoms with E-state index in [0.717, 1.165) is 5.56 Å². The van der Waals surface area contributed by atoms with E-state index in [1.807, 2.05) is 20.8 Å². The van der Waals surface area contributed by atoms with Crippen molar-refractivity contribution in [2.75, 3.05) is 27.4 Å². The molecule has 1 heterocycles. The molecule has 1 unspecified atom stereocenters. The van der Waals surface area contributed by atoms with Crippen LogP contribution in [0.15, 0.2) is 48.0 Å². The summed E-state index contributed by atoms with van der Waals surface area (Å²) < 4.78 is 16.1. The highest BCUT2D eigenvalue weighted by Gasteiger charge is 2.45. The third-order valence-electron chi connectivity index (χ3n) is 5.63. The molecule has 0 spiro atoms. The number of nitrogens with zero attached hydrogens (tertiary/aromatic N) is 1. The Morgan fingerprint density at radius 3 is 2.33 bits per heavy atom. The van der Waals surface area contributed by atoms with Gasteiger partial charge in [0.25, 0.3) is 11.7 Å². The van der Waals surface area contributed by atoms with Gasteiger partial charge in [0.1, 0.15) is 17.3 Å². The zero-order valence-corrected chi connectivity index (χ0v) is 19.8. The number of ketones is 1. The molecule has 1 aliphatic rings. The molecule has 2 aromatic rings. The van der Waals surface area contributed by atoms with E-state index in [1.165, 1.54) is 4.90 Å². The lowest BCUT2D eigenvalue weighted by Crippen LogP contribution is -2.31. The molecule has 1 amide bonds. The SMILES string of the molecule is COc1ccc(C2/C(=C(/O)c3ccc(OC)c(C)c3)C(=O)C(=O)N2CCCOC(C)C)cc1. The first-order chi connectivity index (χ1) is 15.8. The minimum absolute atomic E-state index is 0.0690. The summed E-state index contributed by atoms with van der Waals surface area (Å²) in [7, 11) is 3.14. The van der Waals surface area contributed by atoms with E-state index in [9.17, 15) is 14.7 Å². The highest BCUT2D eigenvalue weighted by molar-refractivity contribution is 6.46. The molecule has 2 aromatic carbocycles. The van der Waals surface area contributed by atoms with Gasteiger partial charge in [-0.15, -0.1) is 0 Å². The Labute approximate surface area is 194 Å². The van der Waals surface area contributed by atoms with Gasteiger partial charge >= 0.3 is 0 Å². The van der Waals surface area contributed by atoms with Crippen molar-refractivity contribution >= 4 is 17.4 Å². The molecule has 1 aliphatic heterocycles. The summed E-state index contributed by atoms with van der Waals surface area (Å²) in [6.45, 7) is 6.53. The Bertz CT molecular complexity index is 1040. The standard InChI is InChI=1S/C26H31NO6/c1-16(2)33-14-6-13-27-23(18-7-10-20(31-4)11-8-18)22(25(29)26(27)30)24(28)19-9-12-21(32-5)17(3)15-19/h7-12,15-16,23,28H,6,13-14H2,1-5H3/b24-22-. The van der Waals surface area contributed by atoms with E-state index in [0.29, 0.717) is 42.2 Å². The zero-order chi connectivity index (χ0) is 24.1. The molecule has 1 N–H and O–H groups in total. The molecule has 0 saturated carbocycles. The van der Waals surface area contributed by atoms with Crippen LogP contribution in [0.3, 0.4) is 0 Å². The molecule has 1 saturated heterocycles. The molecule has 0 aromatic heterocycles. The number of likely N-dealkylation sites (tertiary alicyclic amines) is 1. The van der Waals surface area contributed by atoms with Crippen LogP contribution in [-0.2, 0) is 14.3 Å². The molecule has 0 radical (unpaired) electrons. The van der Waals surface area contributed by atoms with E-state index >= 15 is 0 Å². The van der Waals surface area contributed by atoms with Crippen LogP contribution in [0.4, 0.5) is 0 Å². The van der Waals surface area contributed by atoms with Crippen LogP contribution in [0, 0.1) is 6.92 Å². The third-order valence-corrected chi connectivity index (χ3v) is 5.63. The number of carbonyl (C=O) groups excluding carboxylic acids is 2. The van der Waals surface area contributed by atoms with E-state index in [1.54, 1.807) is 56.7 Å². The predicted octanol–water partition coefficient (Wildman–Crippen LogP) is 4.25. The summed E-state index contributed by atoms with van der Waals surface area (Å²) in [4.78, 5) is 27.6. The maximum absolute atomic E-state index is 13.1. The van der Waals surface area contributed by atoms with Crippen molar-refractivity contribution in [2.24, 2.45) is 0 Å². The molecule has 176 valence electrons. The second-order valence-corrected chi connectivity index (χ2v) is 8.22. The molecular weight excluding hydrogens is 422 g/mol. The van der Waals surface area contributed by atoms with Gasteiger partial charge in [-0.25, -0.2) is 0 Å². The lowest BCUT2D eigenvalue weighted by atomic mass is 9.94. The van der Waals surface area contributed by atoms with Crippen LogP contribution in [0.25, 0.3) is 5.76 Å². The number of carbonyl (C=O) groups is 2. The van der Waals surface area contributed by atoms with Crippen LogP contribution in [0.5, 0.6) is 11.5 Å². The van der Waals surface area contributed by atoms with Crippen molar-refractivity contribution in [1.82, 2.24) is 4.90 Å². The Morgan fingerprint density at radius 2 is 1.76 bits per heavy atom. The second kappa shape index (κ2) is 10.5. The first kappa shape index (κ1) is 24.3. The first-order valence-electron chi connectivity index (χ1n) is 11.0. The number of hydrogen-bond acceptors (Lipinski definition) is 6. The second-order valence-electron chi connectivity index (χ2n) is 8.22. The highest BCUT2D eigenvalue weighted by Crippen LogP contribution is 2.40. The lowest BCUT2D eigenvalue weighted by Gasteiger charge is -2.25. The fraction of sp³-hybridized carbons (Fsp3) is 0.385. The Balaban J connectivity index is 2.05. The van der Waals surface area contributed by atoms with Crippen molar-refractivity contribution in [3.05, 3.63) is 64.7 Å². The number of aliphatic hydroxyl groups is 1. The summed E-state index contributed by atoms with van der Waals surface area (Å²) in [5, 5.41) is 11.2. The summed E-state index contributed by atoms with van der Waals surface area (Å²) in [5.41, 5.74) is 2.04. The smallest absolute Gasteiger partial charge is 0.295 e. The molecule has 0 aliphatic carbocycles. The summed E-state index contributed by atoms with van der Waals surface area (Å²) in [6, 6.07) is 11.6. The van der Waals surface area contributed by atoms with Gasteiger partial charge in [-0.2, -0.15) is 0 Å². The summed E-state index contributed by atoms with van der Waals surface area (Å²) >= 11 is 0. The topological polar surface area (TPSA) is 85.3 Å². The number of aliphatic hydroxyl groups excluding tert-OH is 1. The van der Waals surface area contributed by atoms with Crippen molar-refractivity contribution in [3.63, 3.8) is 0 Å². The van der Waals surface area contributed by atoms with Gasteiger partial charge in [-0.05, 0) is 68.7 Å². The normalized spacial score (nSPS) is 17.6. The molecule has 3 rings (SSSR count). The molecule has 1 fully saturated rings. The van der Waals surface area contributed by atoms with Gasteiger partial charge in [-0.1, -0.05) is 12.1 Å². The van der Waals surface area contributed by atoms with E-state index in [-0.39, 0.29) is 17.4 Å². The van der Waals surface area contributed by atoms with E-state index in [2.05, 4.69) is 0 Å². The number of benzene rings is 2. The Hall–Kier alpha value is -3.32. The summed E-state index contributed by atoms with van der Waals surface area (Å²) in [5.74, 6) is -0.213. The van der Waals surface area contributed by atoms with Crippen LogP contribution in [0.2, 0.25) is 0 Å². The van der Waals surface area contributed by atoms with Crippen molar-refractivity contribution in [1.29, 1.82) is 0 Å². The number of hydrogen-bond donors (Lipinski definition) is 1. The van der Waals surface area contributed by atoms with Crippen LogP contribution in [0.1, 0.15) is 43.0 Å². The predicted molar refractivity (Wildman–Crippen MR) is 125 cm³/mol. The van der Waals surface area contributed by atoms with Crippen LogP contribution >= 0.6 is 0 Å². The summed E-state index contributed by atoms with van der Waals surface area (Å²) in [6.07, 6.45) is 0.649. The largest absolute Gasteiger partial charge is 0.507 e. The molecule has 1 atom stereocenters. The minimum Gasteiger partial charge on any atom is -0.507 e. The van der Waals surface area contributed by atoms with Gasteiger partial charge in [0.15, 0.2) is 0 Å². The number of Topliss-reactive ketones (excluding diaryl/α,β-unsaturated/α-hetero) is 1. The highest BCUT2D eigenvalue weighted by atomic mass is 16.5. The van der Waals surface area contributed by atoms with Crippen molar-refractivity contribution in [2.45, 2.75) is 39.3 Å². The van der Waals surface area contributed by atoms with Crippen molar-refractivity contribution in [3.8, 4) is 11.5 Å². The van der Waals surface area contributed by atoms with Gasteiger partial charge in [0.2, 0.25) is 0 Å². The average molecular weight is 454 g/mol. The average Bonchev–Trinajstić information content (AvgIpc) is 3.06. The molecule has 0 bridgehead atoms. The first-order valence-corrected chi connectivity index (χ1v) is 11.0. The fourth-order valence-electron chi connectivity index (χ4n) is 3.98. The monoisotopic (exact) mass is 453 g/mol. The van der Waals surface area contributed by atoms with E-state index < -0.39 is 17.7 Å². The van der Waals surface area contributed by atoms with Gasteiger partial charge in [-0.3, -0.25) is 9.59 Å². The number of rotatable bonds is 9. The molecule has 7 heteroatoms. The van der Waals surface area contributed by atoms with Crippen LogP contribution in [-0.4, -0.2) is 55.2 Å². The Morgan fingerprint density at radius 1 is 1.06 bits per heavy atom. The van der Waals surface area contributed by atoms with Gasteiger partial charge in [0, 0.05) is 18.7 Å². The number of methoxy groups -OCH3 is 2. The van der Waals surface area contributed by atoms with Gasteiger partial charge in [0.05, 0.1) is 31.9 Å². The Kier molecular flexibility index (Phi) is 7.76. The number of ether oxygens (including phenoxy) is 3. The fourth-order valence-corrected chi connectivity index (χ4v) is 3.98. The zero-order valence-electron chi connectivity index (χ0n) is 19.8. The maximum Gasteiger partial charge on any atom is 0.295 e. The third kappa shape index (κ3) is 5.20.